The number of hydrogen-bond donors (Lipinski definition) is 3. The monoisotopic (exact) mass is 540 g/mol. The van der Waals surface area contributed by atoms with E-state index in [4.69, 9.17) is 0 Å². The maximum atomic E-state index is 14.0. The molecule has 2 aromatic rings. The van der Waals surface area contributed by atoms with Gasteiger partial charge in [-0.25, -0.2) is 9.37 Å². The van der Waals surface area contributed by atoms with E-state index in [1.165, 1.54) is 11.6 Å². The van der Waals surface area contributed by atoms with Crippen LogP contribution in [0.2, 0.25) is 0 Å². The molecule has 0 radical (unpaired) electrons. The Hall–Kier alpha value is -1.94. The average Bonchev–Trinajstić information content (AvgIpc) is 3.20. The summed E-state index contributed by atoms with van der Waals surface area (Å²) in [5, 5.41) is 10.6. The van der Waals surface area contributed by atoms with Crippen LogP contribution in [0.1, 0.15) is 38.8 Å². The molecule has 0 bridgehead atoms. The summed E-state index contributed by atoms with van der Waals surface area (Å²) in [6, 6.07) is 13.9. The first kappa shape index (κ1) is 25.3. The number of halogens is 2. The maximum Gasteiger partial charge on any atom is 0.191 e. The maximum absolute atomic E-state index is 14.0. The molecular formula is C23H34FIN6. The lowest BCUT2D eigenvalue weighted by atomic mass is 10.0. The smallest absolute Gasteiger partial charge is 0.191 e. The van der Waals surface area contributed by atoms with Gasteiger partial charge in [-0.15, -0.1) is 24.0 Å². The molecule has 2 heterocycles. The summed E-state index contributed by atoms with van der Waals surface area (Å²) in [6.07, 6.45) is 2.54. The molecule has 1 aromatic carbocycles. The number of aromatic nitrogens is 1. The molecule has 1 saturated heterocycles. The van der Waals surface area contributed by atoms with Gasteiger partial charge in [0.2, 0.25) is 0 Å². The van der Waals surface area contributed by atoms with Gasteiger partial charge in [0, 0.05) is 50.5 Å². The second-order valence-electron chi connectivity index (χ2n) is 8.47. The Balaban J connectivity index is 0.00000341. The Kier molecular flexibility index (Phi) is 9.49. The minimum atomic E-state index is -0.277. The third-order valence-electron chi connectivity index (χ3n) is 5.40. The first-order valence-electron chi connectivity index (χ1n) is 10.5. The molecule has 170 valence electrons. The zero-order valence-electron chi connectivity index (χ0n) is 18.7. The molecule has 31 heavy (non-hydrogen) atoms. The molecule has 0 spiro atoms. The molecule has 1 aliphatic heterocycles. The molecule has 0 saturated carbocycles. The highest BCUT2D eigenvalue weighted by Crippen LogP contribution is 2.21. The van der Waals surface area contributed by atoms with Crippen molar-refractivity contribution in [3.63, 3.8) is 0 Å². The van der Waals surface area contributed by atoms with Gasteiger partial charge in [-0.3, -0.25) is 4.99 Å². The summed E-state index contributed by atoms with van der Waals surface area (Å²) in [7, 11) is 1.77. The Labute approximate surface area is 202 Å². The Morgan fingerprint density at radius 3 is 2.68 bits per heavy atom. The zero-order valence-corrected chi connectivity index (χ0v) is 21.1. The van der Waals surface area contributed by atoms with Gasteiger partial charge in [0.05, 0.1) is 0 Å². The SMILES string of the molecule is CN=C(NCC(C)(C)NC(C)c1ccccc1)NC1CCN(c2ncccc2F)C1.I. The number of pyridine rings is 1. The van der Waals surface area contributed by atoms with E-state index in [-0.39, 0.29) is 47.4 Å². The fraction of sp³-hybridized carbons (Fsp3) is 0.478. The van der Waals surface area contributed by atoms with Gasteiger partial charge in [-0.05, 0) is 44.9 Å². The van der Waals surface area contributed by atoms with E-state index >= 15 is 0 Å². The summed E-state index contributed by atoms with van der Waals surface area (Å²) >= 11 is 0. The number of hydrogen-bond acceptors (Lipinski definition) is 4. The van der Waals surface area contributed by atoms with Gasteiger partial charge in [0.15, 0.2) is 17.6 Å². The van der Waals surface area contributed by atoms with Crippen molar-refractivity contribution in [2.45, 2.75) is 44.8 Å². The number of rotatable bonds is 7. The van der Waals surface area contributed by atoms with Gasteiger partial charge in [-0.1, -0.05) is 30.3 Å². The van der Waals surface area contributed by atoms with E-state index in [2.05, 4.69) is 71.0 Å². The van der Waals surface area contributed by atoms with Crippen LogP contribution in [0.5, 0.6) is 0 Å². The molecule has 3 rings (SSSR count). The van der Waals surface area contributed by atoms with Gasteiger partial charge in [0.25, 0.3) is 0 Å². The van der Waals surface area contributed by atoms with E-state index in [9.17, 15) is 4.39 Å². The summed E-state index contributed by atoms with van der Waals surface area (Å²) < 4.78 is 14.0. The highest BCUT2D eigenvalue weighted by Gasteiger charge is 2.27. The molecule has 2 unspecified atom stereocenters. The fourth-order valence-electron chi connectivity index (χ4n) is 3.84. The van der Waals surface area contributed by atoms with Crippen molar-refractivity contribution in [2.24, 2.45) is 4.99 Å². The zero-order chi connectivity index (χ0) is 21.6. The van der Waals surface area contributed by atoms with Crippen molar-refractivity contribution in [3.05, 3.63) is 60.0 Å². The number of nitrogens with one attached hydrogen (secondary N) is 3. The minimum Gasteiger partial charge on any atom is -0.355 e. The second kappa shape index (κ2) is 11.6. The van der Waals surface area contributed by atoms with Gasteiger partial charge in [-0.2, -0.15) is 0 Å². The topological polar surface area (TPSA) is 64.6 Å². The summed E-state index contributed by atoms with van der Waals surface area (Å²) in [5.74, 6) is 0.900. The van der Waals surface area contributed by atoms with Crippen molar-refractivity contribution in [3.8, 4) is 0 Å². The van der Waals surface area contributed by atoms with Crippen LogP contribution in [0.25, 0.3) is 0 Å². The fourth-order valence-corrected chi connectivity index (χ4v) is 3.84. The number of guanidine groups is 1. The van der Waals surface area contributed by atoms with Gasteiger partial charge < -0.3 is 20.9 Å². The number of benzene rings is 1. The van der Waals surface area contributed by atoms with Crippen LogP contribution in [0.15, 0.2) is 53.7 Å². The van der Waals surface area contributed by atoms with Crippen molar-refractivity contribution in [2.75, 3.05) is 31.6 Å². The third kappa shape index (κ3) is 7.31. The van der Waals surface area contributed by atoms with Crippen LogP contribution >= 0.6 is 24.0 Å². The summed E-state index contributed by atoms with van der Waals surface area (Å²) in [4.78, 5) is 10.5. The molecule has 1 fully saturated rings. The van der Waals surface area contributed by atoms with E-state index in [1.807, 2.05) is 11.0 Å². The number of aliphatic imine (C=N–C) groups is 1. The van der Waals surface area contributed by atoms with Crippen molar-refractivity contribution >= 4 is 35.8 Å². The lowest BCUT2D eigenvalue weighted by molar-refractivity contribution is 0.344. The Morgan fingerprint density at radius 2 is 2.00 bits per heavy atom. The highest BCUT2D eigenvalue weighted by molar-refractivity contribution is 14.0. The predicted molar refractivity (Wildman–Crippen MR) is 137 cm³/mol. The molecule has 0 amide bonds. The first-order valence-corrected chi connectivity index (χ1v) is 10.5. The van der Waals surface area contributed by atoms with Crippen molar-refractivity contribution in [1.82, 2.24) is 20.9 Å². The molecule has 8 heteroatoms. The van der Waals surface area contributed by atoms with E-state index in [0.29, 0.717) is 12.4 Å². The molecule has 3 N–H and O–H groups in total. The first-order chi connectivity index (χ1) is 14.4. The van der Waals surface area contributed by atoms with E-state index in [1.54, 1.807) is 19.3 Å². The lowest BCUT2D eigenvalue weighted by Crippen LogP contribution is -2.53. The molecule has 2 atom stereocenters. The van der Waals surface area contributed by atoms with Crippen LogP contribution in [0.4, 0.5) is 10.2 Å². The largest absolute Gasteiger partial charge is 0.355 e. The summed E-state index contributed by atoms with van der Waals surface area (Å²) in [6.45, 7) is 8.70. The molecule has 6 nitrogen and oxygen atoms in total. The van der Waals surface area contributed by atoms with Crippen molar-refractivity contribution in [1.29, 1.82) is 0 Å². The second-order valence-corrected chi connectivity index (χ2v) is 8.47. The van der Waals surface area contributed by atoms with Crippen LogP contribution < -0.4 is 20.9 Å². The van der Waals surface area contributed by atoms with Crippen LogP contribution in [-0.4, -0.2) is 49.2 Å². The lowest BCUT2D eigenvalue weighted by Gasteiger charge is -2.32. The van der Waals surface area contributed by atoms with Gasteiger partial charge >= 0.3 is 0 Å². The van der Waals surface area contributed by atoms with Crippen LogP contribution in [0.3, 0.4) is 0 Å². The molecule has 1 aliphatic rings. The number of nitrogens with zero attached hydrogens (tertiary/aromatic N) is 3. The van der Waals surface area contributed by atoms with Crippen LogP contribution in [0, 0.1) is 5.82 Å². The predicted octanol–water partition coefficient (Wildman–Crippen LogP) is 3.71. The normalized spacial score (nSPS) is 17.8. The van der Waals surface area contributed by atoms with E-state index in [0.717, 1.165) is 25.5 Å². The summed E-state index contributed by atoms with van der Waals surface area (Å²) in [5.41, 5.74) is 1.13. The van der Waals surface area contributed by atoms with Crippen LogP contribution in [-0.2, 0) is 0 Å². The molecule has 0 aliphatic carbocycles. The average molecular weight is 540 g/mol. The highest BCUT2D eigenvalue weighted by atomic mass is 127. The Bertz CT molecular complexity index is 845. The standard InChI is InChI=1S/C23H33FN6.HI/c1-17(18-9-6-5-7-10-18)29-23(2,3)16-27-22(25-4)28-19-12-14-30(15-19)21-20(24)11-8-13-26-21;/h5-11,13,17,19,29H,12,14-16H2,1-4H3,(H2,25,27,28);1H. The van der Waals surface area contributed by atoms with Crippen molar-refractivity contribution < 1.29 is 4.39 Å². The number of anilines is 1. The van der Waals surface area contributed by atoms with Gasteiger partial charge in [0.1, 0.15) is 0 Å². The Morgan fingerprint density at radius 1 is 1.26 bits per heavy atom. The quantitative estimate of drug-likeness (QED) is 0.284. The molecule has 1 aromatic heterocycles. The third-order valence-corrected chi connectivity index (χ3v) is 5.40. The minimum absolute atomic E-state index is 0. The van der Waals surface area contributed by atoms with E-state index < -0.39 is 0 Å². The molecular weight excluding hydrogens is 506 g/mol.